The Hall–Kier alpha value is -2.91. The number of hydrogen-bond donors (Lipinski definition) is 2. The molecule has 1 heterocycles. The number of anilines is 2. The molecule has 1 amide bonds. The first kappa shape index (κ1) is 23.7. The van der Waals surface area contributed by atoms with Crippen LogP contribution in [-0.4, -0.2) is 26.4 Å². The smallest absolute Gasteiger partial charge is 0.267 e. The van der Waals surface area contributed by atoms with Crippen LogP contribution in [0.25, 0.3) is 0 Å². The van der Waals surface area contributed by atoms with Crippen molar-refractivity contribution in [3.8, 4) is 5.75 Å². The van der Waals surface area contributed by atoms with Crippen molar-refractivity contribution in [1.82, 2.24) is 4.98 Å². The highest BCUT2D eigenvalue weighted by molar-refractivity contribution is 7.92. The summed E-state index contributed by atoms with van der Waals surface area (Å²) in [6, 6.07) is 11.4. The fourth-order valence-corrected chi connectivity index (χ4v) is 5.30. The van der Waals surface area contributed by atoms with Crippen LogP contribution < -0.4 is 14.8 Å². The summed E-state index contributed by atoms with van der Waals surface area (Å²) in [6.07, 6.45) is 0. The van der Waals surface area contributed by atoms with Crippen molar-refractivity contribution in [3.05, 3.63) is 63.6 Å². The Labute approximate surface area is 192 Å². The average molecular weight is 474 g/mol. The van der Waals surface area contributed by atoms with Gasteiger partial charge in [0.2, 0.25) is 0 Å². The Morgan fingerprint density at radius 3 is 2.22 bits per heavy atom. The molecule has 2 N–H and O–H groups in total. The van der Waals surface area contributed by atoms with Crippen LogP contribution in [0.15, 0.2) is 47.4 Å². The van der Waals surface area contributed by atoms with E-state index in [1.807, 2.05) is 20.8 Å². The molecule has 0 fully saturated rings. The normalized spacial score (nSPS) is 11.8. The number of thiazole rings is 1. The molecule has 0 aliphatic rings. The first-order valence-corrected chi connectivity index (χ1v) is 12.3. The summed E-state index contributed by atoms with van der Waals surface area (Å²) in [5.41, 5.74) is 1.86. The van der Waals surface area contributed by atoms with Gasteiger partial charge in [-0.05, 0) is 55.8 Å². The predicted octanol–water partition coefficient (Wildman–Crippen LogP) is 5.12. The van der Waals surface area contributed by atoms with E-state index in [0.717, 1.165) is 5.01 Å². The Bertz CT molecular complexity index is 1240. The number of aryl methyl sites for hydroxylation is 2. The minimum Gasteiger partial charge on any atom is -0.497 e. The number of nitrogens with zero attached hydrogens (tertiary/aromatic N) is 1. The molecule has 0 atom stereocenters. The van der Waals surface area contributed by atoms with Gasteiger partial charge in [-0.1, -0.05) is 26.8 Å². The fraction of sp³-hybridized carbons (Fsp3) is 0.304. The number of sulfonamides is 1. The largest absolute Gasteiger partial charge is 0.497 e. The molecule has 0 saturated heterocycles. The van der Waals surface area contributed by atoms with Crippen molar-refractivity contribution < 1.29 is 17.9 Å². The second kappa shape index (κ2) is 8.91. The van der Waals surface area contributed by atoms with E-state index in [2.05, 4.69) is 15.0 Å². The molecule has 32 heavy (non-hydrogen) atoms. The van der Waals surface area contributed by atoms with Crippen LogP contribution in [0.4, 0.5) is 11.4 Å². The van der Waals surface area contributed by atoms with Gasteiger partial charge >= 0.3 is 0 Å². The molecule has 0 saturated carbocycles. The molecule has 0 spiro atoms. The van der Waals surface area contributed by atoms with Gasteiger partial charge in [-0.3, -0.25) is 9.52 Å². The number of carbonyl (C=O) groups is 1. The minimum atomic E-state index is -3.86. The molecule has 3 rings (SSSR count). The topological polar surface area (TPSA) is 97.4 Å². The zero-order valence-electron chi connectivity index (χ0n) is 18.9. The van der Waals surface area contributed by atoms with E-state index in [-0.39, 0.29) is 16.2 Å². The molecule has 0 unspecified atom stereocenters. The third kappa shape index (κ3) is 5.28. The number of nitrogens with one attached hydrogen (secondary N) is 2. The number of carbonyl (C=O) groups excluding carboxylic acids is 1. The average Bonchev–Trinajstić information content (AvgIpc) is 3.12. The highest BCUT2D eigenvalue weighted by Crippen LogP contribution is 2.30. The van der Waals surface area contributed by atoms with Gasteiger partial charge in [-0.25, -0.2) is 13.4 Å². The summed E-state index contributed by atoms with van der Waals surface area (Å²) >= 11 is 1.35. The molecular weight excluding hydrogens is 446 g/mol. The molecule has 3 aromatic rings. The van der Waals surface area contributed by atoms with Gasteiger partial charge in [-0.2, -0.15) is 0 Å². The summed E-state index contributed by atoms with van der Waals surface area (Å²) in [4.78, 5) is 18.0. The maximum Gasteiger partial charge on any atom is 0.267 e. The molecule has 9 heteroatoms. The van der Waals surface area contributed by atoms with Gasteiger partial charge in [0.1, 0.15) is 10.6 Å². The molecule has 1 aromatic heterocycles. The predicted molar refractivity (Wildman–Crippen MR) is 128 cm³/mol. The zero-order chi connectivity index (χ0) is 23.7. The number of ether oxygens (including phenoxy) is 1. The quantitative estimate of drug-likeness (QED) is 0.518. The van der Waals surface area contributed by atoms with Gasteiger partial charge < -0.3 is 10.1 Å². The summed E-state index contributed by atoms with van der Waals surface area (Å²) < 4.78 is 33.6. The lowest BCUT2D eigenvalue weighted by Crippen LogP contribution is -2.16. The Morgan fingerprint density at radius 2 is 1.66 bits per heavy atom. The second-order valence-electron chi connectivity index (χ2n) is 8.45. The van der Waals surface area contributed by atoms with E-state index in [1.54, 1.807) is 57.4 Å². The number of methoxy groups -OCH3 is 1. The molecule has 2 aromatic carbocycles. The van der Waals surface area contributed by atoms with Crippen molar-refractivity contribution in [3.63, 3.8) is 0 Å². The lowest BCUT2D eigenvalue weighted by atomic mass is 9.98. The molecule has 0 bridgehead atoms. The van der Waals surface area contributed by atoms with Crippen molar-refractivity contribution >= 4 is 38.6 Å². The third-order valence-electron chi connectivity index (χ3n) is 4.72. The monoisotopic (exact) mass is 473 g/mol. The highest BCUT2D eigenvalue weighted by Gasteiger charge is 2.24. The summed E-state index contributed by atoms with van der Waals surface area (Å²) in [5.74, 6) is 0.313. The Balaban J connectivity index is 1.85. The lowest BCUT2D eigenvalue weighted by molar-refractivity contribution is 0.102. The Morgan fingerprint density at radius 1 is 1.03 bits per heavy atom. The van der Waals surface area contributed by atoms with Crippen LogP contribution in [0.5, 0.6) is 5.75 Å². The SMILES string of the molecule is COc1ccc(NS(=O)(=O)c2cc(NC(=O)c3sc(C(C)(C)C)nc3C)ccc2C)cc1. The standard InChI is InChI=1S/C23H27N3O4S2/c1-14-7-8-17(25-21(27)20-15(2)24-22(31-20)23(3,4)5)13-19(14)32(28,29)26-16-9-11-18(30-6)12-10-16/h7-13,26H,1-6H3,(H,25,27). The van der Waals surface area contributed by atoms with Gasteiger partial charge in [0.05, 0.1) is 22.7 Å². The van der Waals surface area contributed by atoms with Crippen LogP contribution in [0.3, 0.4) is 0 Å². The van der Waals surface area contributed by atoms with E-state index in [9.17, 15) is 13.2 Å². The van der Waals surface area contributed by atoms with Crippen LogP contribution in [0.2, 0.25) is 0 Å². The van der Waals surface area contributed by atoms with Crippen LogP contribution in [0.1, 0.15) is 46.7 Å². The van der Waals surface area contributed by atoms with Crippen molar-refractivity contribution in [2.75, 3.05) is 17.1 Å². The van der Waals surface area contributed by atoms with Crippen LogP contribution >= 0.6 is 11.3 Å². The minimum absolute atomic E-state index is 0.0857. The van der Waals surface area contributed by atoms with Gasteiger partial charge in [0.15, 0.2) is 0 Å². The number of amides is 1. The molecule has 0 radical (unpaired) electrons. The molecule has 7 nitrogen and oxygen atoms in total. The summed E-state index contributed by atoms with van der Waals surface area (Å²) in [5, 5.41) is 3.68. The molecule has 170 valence electrons. The maximum atomic E-state index is 13.0. The first-order chi connectivity index (χ1) is 14.9. The van der Waals surface area contributed by atoms with E-state index in [4.69, 9.17) is 4.74 Å². The van der Waals surface area contributed by atoms with Crippen molar-refractivity contribution in [2.45, 2.75) is 44.9 Å². The number of hydrogen-bond acceptors (Lipinski definition) is 6. The third-order valence-corrected chi connectivity index (χ3v) is 7.83. The Kier molecular flexibility index (Phi) is 6.61. The lowest BCUT2D eigenvalue weighted by Gasteiger charge is -2.13. The van der Waals surface area contributed by atoms with E-state index >= 15 is 0 Å². The van der Waals surface area contributed by atoms with Crippen molar-refractivity contribution in [1.29, 1.82) is 0 Å². The maximum absolute atomic E-state index is 13.0. The number of benzene rings is 2. The molecule has 0 aliphatic carbocycles. The van der Waals surface area contributed by atoms with Gasteiger partial charge in [-0.15, -0.1) is 11.3 Å². The summed E-state index contributed by atoms with van der Waals surface area (Å²) in [6.45, 7) is 9.63. The van der Waals surface area contributed by atoms with E-state index < -0.39 is 10.0 Å². The van der Waals surface area contributed by atoms with Gasteiger partial charge in [0, 0.05) is 16.8 Å². The van der Waals surface area contributed by atoms with Crippen molar-refractivity contribution in [2.24, 2.45) is 0 Å². The first-order valence-electron chi connectivity index (χ1n) is 9.97. The van der Waals surface area contributed by atoms with E-state index in [0.29, 0.717) is 33.3 Å². The summed E-state index contributed by atoms with van der Waals surface area (Å²) in [7, 11) is -2.32. The zero-order valence-corrected chi connectivity index (χ0v) is 20.6. The van der Waals surface area contributed by atoms with Crippen LogP contribution in [0, 0.1) is 13.8 Å². The van der Waals surface area contributed by atoms with Gasteiger partial charge in [0.25, 0.3) is 15.9 Å². The second-order valence-corrected chi connectivity index (χ2v) is 11.1. The fourth-order valence-electron chi connectivity index (χ4n) is 2.95. The molecule has 0 aliphatic heterocycles. The van der Waals surface area contributed by atoms with Crippen LogP contribution in [-0.2, 0) is 15.4 Å². The molecular formula is C23H27N3O4S2. The van der Waals surface area contributed by atoms with E-state index in [1.165, 1.54) is 17.4 Å². The highest BCUT2D eigenvalue weighted by atomic mass is 32.2. The number of aromatic nitrogens is 1. The number of rotatable bonds is 6.